The molecule has 0 atom stereocenters. The number of fused-ring (bicyclic) bond motifs is 2. The number of hydrogen-bond acceptors (Lipinski definition) is 5. The number of benzene rings is 2. The molecule has 0 aliphatic carbocycles. The smallest absolute Gasteiger partial charge is 0.422 e. The lowest BCUT2D eigenvalue weighted by molar-refractivity contribution is -0.153. The van der Waals surface area contributed by atoms with Crippen molar-refractivity contribution in [2.75, 3.05) is 26.3 Å². The molecular weight excluding hydrogens is 537 g/mol. The zero-order valence-corrected chi connectivity index (χ0v) is 22.8. The molecule has 2 N–H and O–H groups in total. The Bertz CT molecular complexity index is 1610. The van der Waals surface area contributed by atoms with Crippen LogP contribution in [0.1, 0.15) is 35.9 Å². The van der Waals surface area contributed by atoms with Crippen molar-refractivity contribution >= 4 is 33.6 Å². The normalized spacial score (nSPS) is 14.5. The van der Waals surface area contributed by atoms with E-state index >= 15 is 0 Å². The van der Waals surface area contributed by atoms with Crippen LogP contribution in [0, 0.1) is 0 Å². The summed E-state index contributed by atoms with van der Waals surface area (Å²) in [6.45, 7) is 0.515. The molecule has 8 nitrogen and oxygen atoms in total. The summed E-state index contributed by atoms with van der Waals surface area (Å²) >= 11 is 0. The van der Waals surface area contributed by atoms with Gasteiger partial charge in [0.1, 0.15) is 12.3 Å². The highest BCUT2D eigenvalue weighted by Crippen LogP contribution is 2.38. The Hall–Kier alpha value is -4.12. The van der Waals surface area contributed by atoms with Gasteiger partial charge in [-0.3, -0.25) is 9.59 Å². The zero-order valence-electron chi connectivity index (χ0n) is 22.8. The number of halogens is 3. The molecule has 2 aromatic carbocycles. The summed E-state index contributed by atoms with van der Waals surface area (Å²) in [5, 5.41) is 14.4. The fraction of sp³-hybridized carbons (Fsp3) is 0.367. The van der Waals surface area contributed by atoms with Crippen molar-refractivity contribution in [3.63, 3.8) is 0 Å². The average Bonchev–Trinajstić information content (AvgIpc) is 3.25. The van der Waals surface area contributed by atoms with Crippen molar-refractivity contribution in [2.24, 2.45) is 7.05 Å². The van der Waals surface area contributed by atoms with E-state index in [2.05, 4.69) is 5.32 Å². The lowest BCUT2D eigenvalue weighted by atomic mass is 9.98. The van der Waals surface area contributed by atoms with Crippen molar-refractivity contribution in [3.8, 4) is 16.9 Å². The summed E-state index contributed by atoms with van der Waals surface area (Å²) in [5.74, 6) is -1.14. The number of amides is 2. The summed E-state index contributed by atoms with van der Waals surface area (Å²) in [7, 11) is 1.59. The molecule has 0 bridgehead atoms. The molecule has 1 aliphatic rings. The van der Waals surface area contributed by atoms with Gasteiger partial charge in [0.05, 0.1) is 11.1 Å². The molecule has 0 saturated carbocycles. The van der Waals surface area contributed by atoms with Crippen LogP contribution >= 0.6 is 0 Å². The van der Waals surface area contributed by atoms with E-state index in [1.807, 2.05) is 49.4 Å². The fourth-order valence-corrected chi connectivity index (χ4v) is 5.41. The first kappa shape index (κ1) is 28.4. The maximum Gasteiger partial charge on any atom is 0.422 e. The highest BCUT2D eigenvalue weighted by molar-refractivity contribution is 6.04. The third-order valence-electron chi connectivity index (χ3n) is 7.50. The van der Waals surface area contributed by atoms with E-state index in [0.717, 1.165) is 27.6 Å². The molecule has 41 heavy (non-hydrogen) atoms. The number of alkyl halides is 3. The predicted octanol–water partition coefficient (Wildman–Crippen LogP) is 4.61. The molecule has 11 heteroatoms. The van der Waals surface area contributed by atoms with Crippen molar-refractivity contribution in [3.05, 3.63) is 59.9 Å². The average molecular weight is 569 g/mol. The number of nitrogens with one attached hydrogen (secondary N) is 1. The summed E-state index contributed by atoms with van der Waals surface area (Å²) in [6.07, 6.45) is -3.15. The van der Waals surface area contributed by atoms with Gasteiger partial charge in [0.15, 0.2) is 18.1 Å². The van der Waals surface area contributed by atoms with Gasteiger partial charge in [-0.1, -0.05) is 43.3 Å². The molecule has 4 aromatic rings. The zero-order chi connectivity index (χ0) is 29.3. The Morgan fingerprint density at radius 1 is 1.10 bits per heavy atom. The number of rotatable bonds is 7. The molecule has 0 spiro atoms. The van der Waals surface area contributed by atoms with Crippen LogP contribution in [0.3, 0.4) is 0 Å². The predicted molar refractivity (Wildman–Crippen MR) is 149 cm³/mol. The van der Waals surface area contributed by atoms with E-state index in [1.165, 1.54) is 9.47 Å². The number of aliphatic hydroxyl groups is 1. The maximum atomic E-state index is 13.5. The van der Waals surface area contributed by atoms with Gasteiger partial charge in [-0.15, -0.1) is 0 Å². The molecule has 2 amide bonds. The number of aryl methyl sites for hydroxylation is 2. The number of ether oxygens (including phenoxy) is 1. The fourth-order valence-electron chi connectivity index (χ4n) is 5.41. The van der Waals surface area contributed by atoms with Gasteiger partial charge in [0, 0.05) is 31.7 Å². The summed E-state index contributed by atoms with van der Waals surface area (Å²) < 4.78 is 46.7. The molecule has 1 fully saturated rings. The Morgan fingerprint density at radius 2 is 1.80 bits per heavy atom. The van der Waals surface area contributed by atoms with Crippen LogP contribution in [-0.2, 0) is 18.3 Å². The van der Waals surface area contributed by atoms with Crippen molar-refractivity contribution in [1.29, 1.82) is 0 Å². The maximum absolute atomic E-state index is 13.5. The van der Waals surface area contributed by atoms with E-state index in [1.54, 1.807) is 13.1 Å². The number of piperidine rings is 1. The number of likely N-dealkylation sites (tertiary alicyclic amines) is 1. The molecule has 0 radical (unpaired) electrons. The third-order valence-corrected chi connectivity index (χ3v) is 7.50. The molecule has 216 valence electrons. The van der Waals surface area contributed by atoms with Gasteiger partial charge >= 0.3 is 6.18 Å². The third kappa shape index (κ3) is 5.85. The first-order valence-electron chi connectivity index (χ1n) is 13.5. The molecule has 2 aromatic heterocycles. The summed E-state index contributed by atoms with van der Waals surface area (Å²) in [6, 6.07) is 15.3. The molecule has 0 unspecified atom stereocenters. The van der Waals surface area contributed by atoms with Crippen LogP contribution < -0.4 is 10.1 Å². The number of aromatic nitrogens is 2. The topological polar surface area (TPSA) is 96.7 Å². The number of carbonyl (C=O) groups excluding carboxylic acids is 2. The standard InChI is InChI=1S/C30H31F3N4O4/c1-3-24-22(20-9-8-18-6-4-5-7-19(18)14-20)15-23-27(41-17-30(31,32)33)26(36(2)28(23)35-24)29(40)34-21-10-12-37(13-11-21)25(39)16-38/h4-9,14-15,21,38H,3,10-13,16-17H2,1-2H3,(H,34,40). The summed E-state index contributed by atoms with van der Waals surface area (Å²) in [4.78, 5) is 31.6. The number of carbonyl (C=O) groups is 2. The van der Waals surface area contributed by atoms with Crippen molar-refractivity contribution in [1.82, 2.24) is 19.8 Å². The van der Waals surface area contributed by atoms with Gasteiger partial charge in [-0.2, -0.15) is 13.2 Å². The Morgan fingerprint density at radius 3 is 2.46 bits per heavy atom. The van der Waals surface area contributed by atoms with Gasteiger partial charge < -0.3 is 24.6 Å². The van der Waals surface area contributed by atoms with E-state index in [4.69, 9.17) is 14.8 Å². The van der Waals surface area contributed by atoms with E-state index < -0.39 is 25.3 Å². The molecular formula is C30H31F3N4O4. The lowest BCUT2D eigenvalue weighted by Crippen LogP contribution is -2.47. The van der Waals surface area contributed by atoms with Crippen LogP contribution in [0.4, 0.5) is 13.2 Å². The van der Waals surface area contributed by atoms with Gasteiger partial charge in [-0.05, 0) is 47.7 Å². The van der Waals surface area contributed by atoms with Crippen LogP contribution in [-0.4, -0.2) is 69.9 Å². The highest BCUT2D eigenvalue weighted by Gasteiger charge is 2.33. The van der Waals surface area contributed by atoms with Crippen LogP contribution in [0.5, 0.6) is 5.75 Å². The minimum atomic E-state index is -4.61. The van der Waals surface area contributed by atoms with Crippen molar-refractivity contribution in [2.45, 2.75) is 38.4 Å². The molecule has 1 aliphatic heterocycles. The van der Waals surface area contributed by atoms with Gasteiger partial charge in [0.25, 0.3) is 5.91 Å². The first-order valence-corrected chi connectivity index (χ1v) is 13.5. The number of hydrogen-bond donors (Lipinski definition) is 2. The number of nitrogens with zero attached hydrogens (tertiary/aromatic N) is 3. The first-order chi connectivity index (χ1) is 19.6. The minimum Gasteiger partial charge on any atom is -0.481 e. The summed E-state index contributed by atoms with van der Waals surface area (Å²) in [5.41, 5.74) is 2.64. The minimum absolute atomic E-state index is 0.0525. The highest BCUT2D eigenvalue weighted by atomic mass is 19.4. The number of pyridine rings is 1. The molecule has 5 rings (SSSR count). The Balaban J connectivity index is 1.55. The van der Waals surface area contributed by atoms with Gasteiger partial charge in [-0.25, -0.2) is 4.98 Å². The van der Waals surface area contributed by atoms with Crippen LogP contribution in [0.2, 0.25) is 0 Å². The Kier molecular flexibility index (Phi) is 7.90. The monoisotopic (exact) mass is 568 g/mol. The van der Waals surface area contributed by atoms with Crippen LogP contribution in [0.15, 0.2) is 48.5 Å². The van der Waals surface area contributed by atoms with Crippen LogP contribution in [0.25, 0.3) is 32.9 Å². The van der Waals surface area contributed by atoms with Crippen molar-refractivity contribution < 1.29 is 32.6 Å². The largest absolute Gasteiger partial charge is 0.481 e. The SMILES string of the molecule is CCc1nc2c(cc1-c1ccc3ccccc3c1)c(OCC(F)(F)F)c(C(=O)NC1CCN(C(=O)CO)CC1)n2C. The van der Waals surface area contributed by atoms with E-state index in [9.17, 15) is 22.8 Å². The number of aliphatic hydroxyl groups excluding tert-OH is 1. The second-order valence-electron chi connectivity index (χ2n) is 10.2. The van der Waals surface area contributed by atoms with E-state index in [-0.39, 0.29) is 23.4 Å². The van der Waals surface area contributed by atoms with E-state index in [0.29, 0.717) is 43.4 Å². The van der Waals surface area contributed by atoms with Gasteiger partial charge in [0.2, 0.25) is 5.91 Å². The lowest BCUT2D eigenvalue weighted by Gasteiger charge is -2.32. The molecule has 1 saturated heterocycles. The Labute approximate surface area is 234 Å². The quantitative estimate of drug-likeness (QED) is 0.340. The second kappa shape index (κ2) is 11.4. The second-order valence-corrected chi connectivity index (χ2v) is 10.2. The molecule has 3 heterocycles.